The number of thioether (sulfide) groups is 1. The van der Waals surface area contributed by atoms with Crippen LogP contribution in [0, 0.1) is 0 Å². The van der Waals surface area contributed by atoms with Gasteiger partial charge in [0.25, 0.3) is 0 Å². The molecule has 1 aromatic rings. The first-order valence-corrected chi connectivity index (χ1v) is 8.42. The molecule has 1 N–H and O–H groups in total. The molecule has 0 unspecified atom stereocenters. The van der Waals surface area contributed by atoms with Crippen molar-refractivity contribution in [2.45, 2.75) is 32.2 Å². The van der Waals surface area contributed by atoms with Crippen LogP contribution in [0.1, 0.15) is 26.3 Å². The third-order valence-electron chi connectivity index (χ3n) is 3.16. The van der Waals surface area contributed by atoms with Gasteiger partial charge >= 0.3 is 0 Å². The van der Waals surface area contributed by atoms with E-state index in [1.54, 1.807) is 0 Å². The molecule has 0 amide bonds. The Balaban J connectivity index is 2.60. The monoisotopic (exact) mass is 300 g/mol. The lowest BCUT2D eigenvalue weighted by Crippen LogP contribution is -2.25. The van der Waals surface area contributed by atoms with Gasteiger partial charge in [0.1, 0.15) is 0 Å². The molecule has 0 saturated heterocycles. The van der Waals surface area contributed by atoms with Gasteiger partial charge in [-0.25, -0.2) is 0 Å². The fourth-order valence-electron chi connectivity index (χ4n) is 1.93. The summed E-state index contributed by atoms with van der Waals surface area (Å²) in [6.07, 6.45) is 0. The van der Waals surface area contributed by atoms with Gasteiger partial charge in [0.2, 0.25) is 0 Å². The maximum Gasteiger partial charge on any atom is 0.0545 e. The van der Waals surface area contributed by atoms with E-state index in [4.69, 9.17) is 11.6 Å². The summed E-state index contributed by atoms with van der Waals surface area (Å²) < 4.78 is 0. The van der Waals surface area contributed by atoms with Crippen LogP contribution in [-0.2, 0) is 6.54 Å². The molecule has 0 fully saturated rings. The Morgan fingerprint density at radius 3 is 2.58 bits per heavy atom. The quantitative estimate of drug-likeness (QED) is 0.697. The summed E-state index contributed by atoms with van der Waals surface area (Å²) in [6, 6.07) is 6.18. The molecule has 1 aromatic carbocycles. The van der Waals surface area contributed by atoms with Crippen LogP contribution in [0.5, 0.6) is 0 Å². The Morgan fingerprint density at radius 2 is 1.95 bits per heavy atom. The molecule has 0 heterocycles. The van der Waals surface area contributed by atoms with Crippen LogP contribution in [-0.4, -0.2) is 36.8 Å². The van der Waals surface area contributed by atoms with Gasteiger partial charge in [-0.1, -0.05) is 44.5 Å². The first-order valence-electron chi connectivity index (χ1n) is 7.06. The summed E-state index contributed by atoms with van der Waals surface area (Å²) in [6.45, 7) is 11.8. The predicted molar refractivity (Wildman–Crippen MR) is 87.3 cm³/mol. The van der Waals surface area contributed by atoms with E-state index in [9.17, 15) is 0 Å². The van der Waals surface area contributed by atoms with Crippen molar-refractivity contribution in [3.05, 3.63) is 28.8 Å². The number of rotatable bonds is 9. The molecule has 0 aromatic heterocycles. The van der Waals surface area contributed by atoms with Gasteiger partial charge in [0.05, 0.1) is 5.02 Å². The zero-order chi connectivity index (χ0) is 14.1. The predicted octanol–water partition coefficient (Wildman–Crippen LogP) is 3.88. The second-order valence-electron chi connectivity index (χ2n) is 4.38. The molecule has 0 radical (unpaired) electrons. The Hall–Kier alpha value is -0.220. The summed E-state index contributed by atoms with van der Waals surface area (Å²) >= 11 is 8.20. The zero-order valence-electron chi connectivity index (χ0n) is 12.2. The first kappa shape index (κ1) is 16.8. The fraction of sp³-hybridized carbons (Fsp3) is 0.600. The molecular formula is C15H25ClN2S. The van der Waals surface area contributed by atoms with Gasteiger partial charge < -0.3 is 10.2 Å². The number of hydrogen-bond donors (Lipinski definition) is 1. The van der Waals surface area contributed by atoms with E-state index in [2.05, 4.69) is 37.1 Å². The molecular weight excluding hydrogens is 276 g/mol. The lowest BCUT2D eigenvalue weighted by atomic mass is 10.2. The smallest absolute Gasteiger partial charge is 0.0545 e. The van der Waals surface area contributed by atoms with Crippen molar-refractivity contribution in [2.75, 3.05) is 31.9 Å². The van der Waals surface area contributed by atoms with Gasteiger partial charge in [-0.05, 0) is 31.3 Å². The molecule has 2 nitrogen and oxygen atoms in total. The SMILES string of the molecule is CCNCc1cccc(Cl)c1SCCN(CC)CC. The molecule has 1 rings (SSSR count). The Bertz CT molecular complexity index is 367. The van der Waals surface area contributed by atoms with E-state index in [0.29, 0.717) is 0 Å². The highest BCUT2D eigenvalue weighted by Crippen LogP contribution is 2.30. The number of halogens is 1. The largest absolute Gasteiger partial charge is 0.313 e. The molecule has 0 aliphatic rings. The third kappa shape index (κ3) is 5.74. The van der Waals surface area contributed by atoms with Crippen LogP contribution in [0.15, 0.2) is 23.1 Å². The van der Waals surface area contributed by atoms with Crippen molar-refractivity contribution in [3.8, 4) is 0 Å². The molecule has 19 heavy (non-hydrogen) atoms. The summed E-state index contributed by atoms with van der Waals surface area (Å²) in [5, 5.41) is 4.25. The van der Waals surface area contributed by atoms with E-state index in [1.807, 2.05) is 23.9 Å². The van der Waals surface area contributed by atoms with Crippen molar-refractivity contribution in [2.24, 2.45) is 0 Å². The minimum absolute atomic E-state index is 0.875. The van der Waals surface area contributed by atoms with Gasteiger partial charge in [-0.15, -0.1) is 11.8 Å². The van der Waals surface area contributed by atoms with E-state index in [-0.39, 0.29) is 0 Å². The lowest BCUT2D eigenvalue weighted by Gasteiger charge is -2.18. The van der Waals surface area contributed by atoms with E-state index < -0.39 is 0 Å². The van der Waals surface area contributed by atoms with Crippen molar-refractivity contribution in [1.29, 1.82) is 0 Å². The van der Waals surface area contributed by atoms with Gasteiger partial charge in [0.15, 0.2) is 0 Å². The fourth-order valence-corrected chi connectivity index (χ4v) is 3.37. The highest BCUT2D eigenvalue weighted by atomic mass is 35.5. The van der Waals surface area contributed by atoms with Crippen molar-refractivity contribution >= 4 is 23.4 Å². The summed E-state index contributed by atoms with van der Waals surface area (Å²) in [5.74, 6) is 1.09. The minimum atomic E-state index is 0.875. The molecule has 0 aliphatic carbocycles. The normalized spacial score (nSPS) is 11.2. The van der Waals surface area contributed by atoms with Crippen LogP contribution in [0.4, 0.5) is 0 Å². The zero-order valence-corrected chi connectivity index (χ0v) is 13.8. The molecule has 0 bridgehead atoms. The highest BCUT2D eigenvalue weighted by molar-refractivity contribution is 7.99. The third-order valence-corrected chi connectivity index (χ3v) is 4.75. The average molecular weight is 301 g/mol. The number of nitrogens with one attached hydrogen (secondary N) is 1. The summed E-state index contributed by atoms with van der Waals surface area (Å²) in [7, 11) is 0. The number of nitrogens with zero attached hydrogens (tertiary/aromatic N) is 1. The van der Waals surface area contributed by atoms with Gasteiger partial charge in [-0.3, -0.25) is 0 Å². The number of benzene rings is 1. The van der Waals surface area contributed by atoms with E-state index in [0.717, 1.165) is 43.5 Å². The summed E-state index contributed by atoms with van der Waals surface area (Å²) in [5.41, 5.74) is 1.30. The van der Waals surface area contributed by atoms with E-state index in [1.165, 1.54) is 10.5 Å². The van der Waals surface area contributed by atoms with Crippen molar-refractivity contribution in [1.82, 2.24) is 10.2 Å². The molecule has 4 heteroatoms. The average Bonchev–Trinajstić information content (AvgIpc) is 2.43. The number of hydrogen-bond acceptors (Lipinski definition) is 3. The molecule has 0 atom stereocenters. The van der Waals surface area contributed by atoms with E-state index >= 15 is 0 Å². The second-order valence-corrected chi connectivity index (χ2v) is 5.90. The molecule has 0 spiro atoms. The minimum Gasteiger partial charge on any atom is -0.313 e. The standard InChI is InChI=1S/C15H25ClN2S/c1-4-17-12-13-8-7-9-14(16)15(13)19-11-10-18(5-2)6-3/h7-9,17H,4-6,10-12H2,1-3H3. The maximum absolute atomic E-state index is 6.33. The molecule has 108 valence electrons. The highest BCUT2D eigenvalue weighted by Gasteiger charge is 2.08. The van der Waals surface area contributed by atoms with Crippen LogP contribution in [0.25, 0.3) is 0 Å². The van der Waals surface area contributed by atoms with Crippen LogP contribution < -0.4 is 5.32 Å². The van der Waals surface area contributed by atoms with Crippen LogP contribution in [0.2, 0.25) is 5.02 Å². The maximum atomic E-state index is 6.33. The van der Waals surface area contributed by atoms with Crippen LogP contribution >= 0.6 is 23.4 Å². The van der Waals surface area contributed by atoms with Crippen molar-refractivity contribution < 1.29 is 0 Å². The lowest BCUT2D eigenvalue weighted by molar-refractivity contribution is 0.324. The summed E-state index contributed by atoms with van der Waals surface area (Å²) in [4.78, 5) is 3.67. The van der Waals surface area contributed by atoms with Gasteiger partial charge in [-0.2, -0.15) is 0 Å². The Labute approximate surface area is 126 Å². The molecule has 0 saturated carbocycles. The second kappa shape index (κ2) is 9.65. The molecule has 0 aliphatic heterocycles. The van der Waals surface area contributed by atoms with Crippen LogP contribution in [0.3, 0.4) is 0 Å². The topological polar surface area (TPSA) is 15.3 Å². The Morgan fingerprint density at radius 1 is 1.21 bits per heavy atom. The van der Waals surface area contributed by atoms with Crippen molar-refractivity contribution in [3.63, 3.8) is 0 Å². The first-order chi connectivity index (χ1) is 9.22. The van der Waals surface area contributed by atoms with Gasteiger partial charge in [0, 0.05) is 23.7 Å². The Kier molecular flexibility index (Phi) is 8.55.